The summed E-state index contributed by atoms with van der Waals surface area (Å²) in [7, 11) is 0. The van der Waals surface area contributed by atoms with E-state index in [2.05, 4.69) is 41.5 Å². The van der Waals surface area contributed by atoms with Gasteiger partial charge in [-0.25, -0.2) is 4.39 Å². The molecule has 1 atom stereocenters. The van der Waals surface area contributed by atoms with Crippen molar-refractivity contribution in [3.8, 4) is 0 Å². The molecule has 0 aromatic heterocycles. The van der Waals surface area contributed by atoms with Crippen LogP contribution in [0.2, 0.25) is 0 Å². The highest BCUT2D eigenvalue weighted by Crippen LogP contribution is 2.19. The maximum Gasteiger partial charge on any atom is 0.170 e. The maximum atomic E-state index is 13.7. The minimum Gasteiger partial charge on any atom is -0.361 e. The second-order valence-corrected chi connectivity index (χ2v) is 5.87. The van der Waals surface area contributed by atoms with Crippen LogP contribution in [-0.2, 0) is 0 Å². The van der Waals surface area contributed by atoms with Crippen molar-refractivity contribution in [2.75, 3.05) is 25.0 Å². The molecular formula is C19H24FN3S. The number of thiocarbonyl (C=S) groups is 1. The molecule has 0 aliphatic rings. The lowest BCUT2D eigenvalue weighted by atomic mass is 10.1. The van der Waals surface area contributed by atoms with Crippen LogP contribution in [0, 0.1) is 5.82 Å². The molecule has 0 heterocycles. The van der Waals surface area contributed by atoms with Gasteiger partial charge in [0.1, 0.15) is 5.82 Å². The Morgan fingerprint density at radius 2 is 1.67 bits per heavy atom. The van der Waals surface area contributed by atoms with Gasteiger partial charge in [-0.3, -0.25) is 4.90 Å². The number of likely N-dealkylation sites (N-methyl/N-ethyl adjacent to an activating group) is 1. The Morgan fingerprint density at radius 1 is 1.04 bits per heavy atom. The lowest BCUT2D eigenvalue weighted by Crippen LogP contribution is -2.39. The SMILES string of the molecule is CCN(CC)[C@H](CNC(=S)Nc1ccccc1F)c1ccccc1. The highest BCUT2D eigenvalue weighted by molar-refractivity contribution is 7.80. The summed E-state index contributed by atoms with van der Waals surface area (Å²) in [6.45, 7) is 6.85. The fraction of sp³-hybridized carbons (Fsp3) is 0.316. The quantitative estimate of drug-likeness (QED) is 0.736. The van der Waals surface area contributed by atoms with E-state index in [4.69, 9.17) is 12.2 Å². The summed E-state index contributed by atoms with van der Waals surface area (Å²) in [4.78, 5) is 2.37. The average molecular weight is 345 g/mol. The second-order valence-electron chi connectivity index (χ2n) is 5.46. The van der Waals surface area contributed by atoms with Gasteiger partial charge in [-0.05, 0) is 43.0 Å². The van der Waals surface area contributed by atoms with Crippen LogP contribution >= 0.6 is 12.2 Å². The molecule has 2 aromatic rings. The predicted molar refractivity (Wildman–Crippen MR) is 103 cm³/mol. The smallest absolute Gasteiger partial charge is 0.170 e. The molecule has 5 heteroatoms. The Balaban J connectivity index is 2.02. The van der Waals surface area contributed by atoms with Crippen LogP contribution in [0.15, 0.2) is 54.6 Å². The van der Waals surface area contributed by atoms with E-state index in [9.17, 15) is 4.39 Å². The van der Waals surface area contributed by atoms with Gasteiger partial charge in [0.25, 0.3) is 0 Å². The number of anilines is 1. The standard InChI is InChI=1S/C19H24FN3S/c1-3-23(4-2)18(15-10-6-5-7-11-15)14-21-19(24)22-17-13-9-8-12-16(17)20/h5-13,18H,3-4,14H2,1-2H3,(H2,21,22,24)/t18-/m1/s1. The molecule has 0 saturated carbocycles. The lowest BCUT2D eigenvalue weighted by Gasteiger charge is -2.30. The van der Waals surface area contributed by atoms with Crippen molar-refractivity contribution in [3.63, 3.8) is 0 Å². The van der Waals surface area contributed by atoms with Crippen LogP contribution in [0.4, 0.5) is 10.1 Å². The minimum absolute atomic E-state index is 0.210. The van der Waals surface area contributed by atoms with Crippen LogP contribution in [-0.4, -0.2) is 29.6 Å². The second kappa shape index (κ2) is 9.35. The van der Waals surface area contributed by atoms with E-state index in [0.717, 1.165) is 13.1 Å². The number of para-hydroxylation sites is 1. The number of hydrogen-bond acceptors (Lipinski definition) is 2. The third kappa shape index (κ3) is 5.01. The summed E-state index contributed by atoms with van der Waals surface area (Å²) in [5, 5.41) is 6.56. The molecule has 2 N–H and O–H groups in total. The van der Waals surface area contributed by atoms with Crippen molar-refractivity contribution in [3.05, 3.63) is 66.0 Å². The Bertz CT molecular complexity index is 644. The van der Waals surface area contributed by atoms with Gasteiger partial charge in [0.15, 0.2) is 5.11 Å². The van der Waals surface area contributed by atoms with Crippen molar-refractivity contribution in [2.45, 2.75) is 19.9 Å². The normalized spacial score (nSPS) is 12.0. The van der Waals surface area contributed by atoms with E-state index < -0.39 is 0 Å². The molecule has 24 heavy (non-hydrogen) atoms. The zero-order valence-corrected chi connectivity index (χ0v) is 14.9. The predicted octanol–water partition coefficient (Wildman–Crippen LogP) is 4.20. The molecule has 128 valence electrons. The van der Waals surface area contributed by atoms with Gasteiger partial charge < -0.3 is 10.6 Å². The first kappa shape index (κ1) is 18.4. The summed E-state index contributed by atoms with van der Waals surface area (Å²) in [5.74, 6) is -0.315. The number of halogens is 1. The molecular weight excluding hydrogens is 321 g/mol. The third-order valence-electron chi connectivity index (χ3n) is 4.02. The topological polar surface area (TPSA) is 27.3 Å². The average Bonchev–Trinajstić information content (AvgIpc) is 2.61. The monoisotopic (exact) mass is 345 g/mol. The lowest BCUT2D eigenvalue weighted by molar-refractivity contribution is 0.219. The van der Waals surface area contributed by atoms with Gasteiger partial charge in [-0.1, -0.05) is 56.3 Å². The summed E-state index contributed by atoms with van der Waals surface area (Å²) in [6.07, 6.45) is 0. The molecule has 0 amide bonds. The van der Waals surface area contributed by atoms with E-state index in [1.54, 1.807) is 18.2 Å². The molecule has 0 saturated heterocycles. The van der Waals surface area contributed by atoms with Crippen LogP contribution in [0.5, 0.6) is 0 Å². The first-order valence-electron chi connectivity index (χ1n) is 8.24. The summed E-state index contributed by atoms with van der Waals surface area (Å²) in [5.41, 5.74) is 1.62. The fourth-order valence-electron chi connectivity index (χ4n) is 2.72. The Kier molecular flexibility index (Phi) is 7.15. The fourth-order valence-corrected chi connectivity index (χ4v) is 2.91. The van der Waals surface area contributed by atoms with Gasteiger partial charge in [-0.2, -0.15) is 0 Å². The van der Waals surface area contributed by atoms with E-state index in [-0.39, 0.29) is 11.9 Å². The first-order valence-corrected chi connectivity index (χ1v) is 8.64. The van der Waals surface area contributed by atoms with E-state index in [1.165, 1.54) is 11.6 Å². The van der Waals surface area contributed by atoms with Crippen LogP contribution in [0.3, 0.4) is 0 Å². The summed E-state index contributed by atoms with van der Waals surface area (Å²) in [6, 6.07) is 17.1. The van der Waals surface area contributed by atoms with Crippen molar-refractivity contribution in [1.82, 2.24) is 10.2 Å². The zero-order chi connectivity index (χ0) is 17.4. The Morgan fingerprint density at radius 3 is 2.29 bits per heavy atom. The molecule has 0 aliphatic carbocycles. The molecule has 0 aliphatic heterocycles. The Hall–Kier alpha value is -1.98. The van der Waals surface area contributed by atoms with Gasteiger partial charge >= 0.3 is 0 Å². The highest BCUT2D eigenvalue weighted by atomic mass is 32.1. The molecule has 2 aromatic carbocycles. The molecule has 3 nitrogen and oxygen atoms in total. The maximum absolute atomic E-state index is 13.7. The molecule has 0 unspecified atom stereocenters. The summed E-state index contributed by atoms with van der Waals surface area (Å²) < 4.78 is 13.7. The number of nitrogens with one attached hydrogen (secondary N) is 2. The number of rotatable bonds is 7. The number of hydrogen-bond donors (Lipinski definition) is 2. The molecule has 2 rings (SSSR count). The van der Waals surface area contributed by atoms with Crippen molar-refractivity contribution < 1.29 is 4.39 Å². The molecule has 0 radical (unpaired) electrons. The van der Waals surface area contributed by atoms with E-state index in [1.807, 2.05) is 18.2 Å². The van der Waals surface area contributed by atoms with Crippen molar-refractivity contribution in [1.29, 1.82) is 0 Å². The van der Waals surface area contributed by atoms with Gasteiger partial charge in [0.05, 0.1) is 11.7 Å². The van der Waals surface area contributed by atoms with E-state index in [0.29, 0.717) is 17.3 Å². The van der Waals surface area contributed by atoms with Gasteiger partial charge in [0.2, 0.25) is 0 Å². The van der Waals surface area contributed by atoms with Crippen molar-refractivity contribution >= 4 is 23.0 Å². The number of nitrogens with zero attached hydrogens (tertiary/aromatic N) is 1. The summed E-state index contributed by atoms with van der Waals surface area (Å²) >= 11 is 5.32. The van der Waals surface area contributed by atoms with E-state index >= 15 is 0 Å². The zero-order valence-electron chi connectivity index (χ0n) is 14.1. The van der Waals surface area contributed by atoms with Gasteiger partial charge in [-0.15, -0.1) is 0 Å². The third-order valence-corrected chi connectivity index (χ3v) is 4.26. The molecule has 0 spiro atoms. The highest BCUT2D eigenvalue weighted by Gasteiger charge is 2.18. The van der Waals surface area contributed by atoms with Crippen LogP contribution in [0.1, 0.15) is 25.5 Å². The van der Waals surface area contributed by atoms with Crippen LogP contribution < -0.4 is 10.6 Å². The molecule has 0 fully saturated rings. The largest absolute Gasteiger partial charge is 0.361 e. The molecule has 0 bridgehead atoms. The Labute approximate surface area is 148 Å². The first-order chi connectivity index (χ1) is 11.7. The van der Waals surface area contributed by atoms with Crippen LogP contribution in [0.25, 0.3) is 0 Å². The minimum atomic E-state index is -0.315. The number of benzene rings is 2. The van der Waals surface area contributed by atoms with Gasteiger partial charge in [0, 0.05) is 6.54 Å². The van der Waals surface area contributed by atoms with Crippen molar-refractivity contribution in [2.24, 2.45) is 0 Å².